The third-order valence-electron chi connectivity index (χ3n) is 3.17. The minimum absolute atomic E-state index is 0.135. The van der Waals surface area contributed by atoms with Crippen LogP contribution in [0.2, 0.25) is 0 Å². The maximum absolute atomic E-state index is 10.5. The number of para-hydroxylation sites is 1. The number of hydrogen-bond donors (Lipinski definition) is 1. The molecule has 2 rings (SSSR count). The maximum Gasteiger partial charge on any atom is 0.125 e. The van der Waals surface area contributed by atoms with Crippen LogP contribution < -0.4 is 4.74 Å². The highest BCUT2D eigenvalue weighted by Gasteiger charge is 2.42. The van der Waals surface area contributed by atoms with Crippen molar-refractivity contribution in [2.75, 3.05) is 0 Å². The van der Waals surface area contributed by atoms with Gasteiger partial charge in [-0.2, -0.15) is 0 Å². The van der Waals surface area contributed by atoms with Crippen LogP contribution in [0.3, 0.4) is 0 Å². The van der Waals surface area contributed by atoms with Crippen molar-refractivity contribution in [3.8, 4) is 5.75 Å². The summed E-state index contributed by atoms with van der Waals surface area (Å²) in [6.45, 7) is 5.90. The highest BCUT2D eigenvalue weighted by atomic mass is 16.5. The predicted molar refractivity (Wildman–Crippen MR) is 64.5 cm³/mol. The summed E-state index contributed by atoms with van der Waals surface area (Å²) in [5, 5.41) is 10.5. The van der Waals surface area contributed by atoms with E-state index in [2.05, 4.69) is 0 Å². The van der Waals surface area contributed by atoms with Crippen LogP contribution >= 0.6 is 0 Å². The highest BCUT2D eigenvalue weighted by Crippen LogP contribution is 2.47. The molecule has 0 saturated heterocycles. The molecule has 0 radical (unpaired) electrons. The van der Waals surface area contributed by atoms with Gasteiger partial charge in [-0.25, -0.2) is 0 Å². The molecule has 88 valence electrons. The van der Waals surface area contributed by atoms with Crippen molar-refractivity contribution in [2.24, 2.45) is 5.92 Å². The summed E-state index contributed by atoms with van der Waals surface area (Å²) in [4.78, 5) is 0. The van der Waals surface area contributed by atoms with Crippen molar-refractivity contribution in [3.05, 3.63) is 29.8 Å². The van der Waals surface area contributed by atoms with Gasteiger partial charge in [-0.05, 0) is 45.6 Å². The molecular weight excluding hydrogens is 200 g/mol. The van der Waals surface area contributed by atoms with Crippen LogP contribution in [0, 0.1) is 5.92 Å². The van der Waals surface area contributed by atoms with Gasteiger partial charge in [-0.1, -0.05) is 18.2 Å². The third-order valence-corrected chi connectivity index (χ3v) is 3.17. The van der Waals surface area contributed by atoms with Crippen molar-refractivity contribution < 1.29 is 9.84 Å². The second-order valence-corrected chi connectivity index (χ2v) is 5.08. The smallest absolute Gasteiger partial charge is 0.125 e. The van der Waals surface area contributed by atoms with Crippen molar-refractivity contribution in [1.82, 2.24) is 0 Å². The van der Waals surface area contributed by atoms with Gasteiger partial charge in [-0.15, -0.1) is 0 Å². The summed E-state index contributed by atoms with van der Waals surface area (Å²) < 4.78 is 5.75. The van der Waals surface area contributed by atoms with Crippen LogP contribution in [0.1, 0.15) is 39.2 Å². The Hall–Kier alpha value is -1.02. The SMILES string of the molecule is CC(C)Oc1ccccc1C(C)(O)C1CC1. The molecule has 2 heteroatoms. The minimum Gasteiger partial charge on any atom is -0.491 e. The van der Waals surface area contributed by atoms with Gasteiger partial charge in [-0.3, -0.25) is 0 Å². The van der Waals surface area contributed by atoms with Gasteiger partial charge in [0.25, 0.3) is 0 Å². The molecule has 1 aliphatic rings. The molecule has 0 aromatic heterocycles. The molecule has 0 aliphatic heterocycles. The largest absolute Gasteiger partial charge is 0.491 e. The Bertz CT molecular complexity index is 365. The zero-order valence-electron chi connectivity index (χ0n) is 10.2. The first-order valence-electron chi connectivity index (χ1n) is 6.00. The summed E-state index contributed by atoms with van der Waals surface area (Å²) in [5.74, 6) is 1.21. The van der Waals surface area contributed by atoms with Crippen LogP contribution in [-0.4, -0.2) is 11.2 Å². The normalized spacial score (nSPS) is 19.6. The molecule has 1 atom stereocenters. The molecule has 1 aromatic carbocycles. The summed E-state index contributed by atoms with van der Waals surface area (Å²) in [5.41, 5.74) is 0.178. The number of hydrogen-bond acceptors (Lipinski definition) is 2. The van der Waals surface area contributed by atoms with Crippen molar-refractivity contribution in [2.45, 2.75) is 45.3 Å². The molecule has 0 spiro atoms. The van der Waals surface area contributed by atoms with Gasteiger partial charge in [0.15, 0.2) is 0 Å². The second-order valence-electron chi connectivity index (χ2n) is 5.08. The van der Waals surface area contributed by atoms with Crippen molar-refractivity contribution in [1.29, 1.82) is 0 Å². The van der Waals surface area contributed by atoms with E-state index in [4.69, 9.17) is 4.74 Å². The van der Waals surface area contributed by atoms with Gasteiger partial charge in [0.2, 0.25) is 0 Å². The van der Waals surface area contributed by atoms with E-state index in [1.807, 2.05) is 45.0 Å². The van der Waals surface area contributed by atoms with Crippen LogP contribution in [0.5, 0.6) is 5.75 Å². The first-order chi connectivity index (χ1) is 7.51. The van der Waals surface area contributed by atoms with Gasteiger partial charge in [0, 0.05) is 5.56 Å². The predicted octanol–water partition coefficient (Wildman–Crippen LogP) is 3.09. The van der Waals surface area contributed by atoms with E-state index in [9.17, 15) is 5.11 Å². The fourth-order valence-corrected chi connectivity index (χ4v) is 2.11. The number of rotatable bonds is 4. The number of ether oxygens (including phenoxy) is 1. The Morgan fingerprint density at radius 2 is 1.94 bits per heavy atom. The van der Waals surface area contributed by atoms with E-state index in [0.29, 0.717) is 5.92 Å². The topological polar surface area (TPSA) is 29.5 Å². The zero-order chi connectivity index (χ0) is 11.8. The lowest BCUT2D eigenvalue weighted by Gasteiger charge is -2.26. The fourth-order valence-electron chi connectivity index (χ4n) is 2.11. The zero-order valence-corrected chi connectivity index (χ0v) is 10.2. The molecule has 0 bridgehead atoms. The summed E-state index contributed by atoms with van der Waals surface area (Å²) in [6.07, 6.45) is 2.36. The Morgan fingerprint density at radius 1 is 1.31 bits per heavy atom. The van der Waals surface area contributed by atoms with Crippen LogP contribution in [0.15, 0.2) is 24.3 Å². The van der Waals surface area contributed by atoms with Gasteiger partial charge in [0.05, 0.1) is 11.7 Å². The number of benzene rings is 1. The Morgan fingerprint density at radius 3 is 2.50 bits per heavy atom. The van der Waals surface area contributed by atoms with E-state index in [1.54, 1.807) is 0 Å². The van der Waals surface area contributed by atoms with E-state index in [0.717, 1.165) is 24.2 Å². The maximum atomic E-state index is 10.5. The van der Waals surface area contributed by atoms with Crippen LogP contribution in [0.4, 0.5) is 0 Å². The van der Waals surface area contributed by atoms with E-state index < -0.39 is 5.60 Å². The Balaban J connectivity index is 2.31. The average molecular weight is 220 g/mol. The molecule has 0 heterocycles. The Kier molecular flexibility index (Phi) is 2.94. The second kappa shape index (κ2) is 4.10. The molecule has 1 aromatic rings. The first-order valence-corrected chi connectivity index (χ1v) is 6.00. The van der Waals surface area contributed by atoms with E-state index in [1.165, 1.54) is 0 Å². The summed E-state index contributed by atoms with van der Waals surface area (Å²) in [7, 11) is 0. The lowest BCUT2D eigenvalue weighted by Crippen LogP contribution is -2.25. The molecule has 1 N–H and O–H groups in total. The van der Waals surface area contributed by atoms with Crippen molar-refractivity contribution >= 4 is 0 Å². The molecule has 0 amide bonds. The van der Waals surface area contributed by atoms with Gasteiger partial charge >= 0.3 is 0 Å². The van der Waals surface area contributed by atoms with E-state index >= 15 is 0 Å². The quantitative estimate of drug-likeness (QED) is 0.845. The lowest BCUT2D eigenvalue weighted by molar-refractivity contribution is 0.0291. The van der Waals surface area contributed by atoms with E-state index in [-0.39, 0.29) is 6.10 Å². The molecule has 1 aliphatic carbocycles. The van der Waals surface area contributed by atoms with Gasteiger partial charge < -0.3 is 9.84 Å². The third kappa shape index (κ3) is 2.22. The highest BCUT2D eigenvalue weighted by molar-refractivity contribution is 5.38. The first kappa shape index (κ1) is 11.5. The molecule has 16 heavy (non-hydrogen) atoms. The molecule has 2 nitrogen and oxygen atoms in total. The minimum atomic E-state index is -0.745. The molecule has 1 unspecified atom stereocenters. The van der Waals surface area contributed by atoms with Crippen LogP contribution in [-0.2, 0) is 5.60 Å². The monoisotopic (exact) mass is 220 g/mol. The molecule has 1 fully saturated rings. The van der Waals surface area contributed by atoms with Gasteiger partial charge in [0.1, 0.15) is 5.75 Å². The van der Waals surface area contributed by atoms with Crippen LogP contribution in [0.25, 0.3) is 0 Å². The average Bonchev–Trinajstić information content (AvgIpc) is 3.00. The number of aliphatic hydroxyl groups is 1. The standard InChI is InChI=1S/C14H20O2/c1-10(2)16-13-7-5-4-6-12(13)14(3,15)11-8-9-11/h4-7,10-11,15H,8-9H2,1-3H3. The lowest BCUT2D eigenvalue weighted by atomic mass is 9.90. The molecular formula is C14H20O2. The summed E-state index contributed by atoms with van der Waals surface area (Å²) in [6, 6.07) is 7.81. The molecule has 1 saturated carbocycles. The fraction of sp³-hybridized carbons (Fsp3) is 0.571. The summed E-state index contributed by atoms with van der Waals surface area (Å²) >= 11 is 0. The van der Waals surface area contributed by atoms with Crippen molar-refractivity contribution in [3.63, 3.8) is 0 Å². The Labute approximate surface area is 97.3 Å².